The minimum absolute atomic E-state index is 0.620. The second-order valence-electron chi connectivity index (χ2n) is 3.63. The maximum atomic E-state index is 9.01. The Kier molecular flexibility index (Phi) is 6.43. The molecule has 0 aliphatic heterocycles. The quantitative estimate of drug-likeness (QED) is 0.737. The Morgan fingerprint density at radius 1 is 1.35 bits per heavy atom. The summed E-state index contributed by atoms with van der Waals surface area (Å²) in [5.74, 6) is 0.998. The normalized spacial score (nSPS) is 10.5. The summed E-state index contributed by atoms with van der Waals surface area (Å²) in [5.41, 5.74) is 0.669. The maximum Gasteiger partial charge on any atom is 0.100 e. The van der Waals surface area contributed by atoms with Crippen LogP contribution in [0.1, 0.15) is 19.4 Å². The van der Waals surface area contributed by atoms with E-state index < -0.39 is 0 Å². The molecule has 0 bridgehead atoms. The summed E-state index contributed by atoms with van der Waals surface area (Å²) in [6, 6.07) is 7.67. The molecule has 0 aromatic heterocycles. The highest BCUT2D eigenvalue weighted by atomic mass is 35.5. The third-order valence-electron chi connectivity index (χ3n) is 2.62. The van der Waals surface area contributed by atoms with E-state index in [-0.39, 0.29) is 0 Å². The highest BCUT2D eigenvalue weighted by molar-refractivity contribution is 7.99. The van der Waals surface area contributed by atoms with Gasteiger partial charge in [-0.1, -0.05) is 25.4 Å². The fourth-order valence-corrected chi connectivity index (χ4v) is 2.71. The number of benzene rings is 1. The van der Waals surface area contributed by atoms with Crippen molar-refractivity contribution < 1.29 is 0 Å². The van der Waals surface area contributed by atoms with Crippen molar-refractivity contribution in [2.45, 2.75) is 18.7 Å². The van der Waals surface area contributed by atoms with Gasteiger partial charge in [-0.25, -0.2) is 0 Å². The summed E-state index contributed by atoms with van der Waals surface area (Å²) in [7, 11) is 0. The van der Waals surface area contributed by atoms with Crippen LogP contribution in [0.25, 0.3) is 0 Å². The average molecular weight is 269 g/mol. The van der Waals surface area contributed by atoms with Gasteiger partial charge in [0.05, 0.1) is 5.56 Å². The summed E-state index contributed by atoms with van der Waals surface area (Å²) >= 11 is 7.57. The van der Waals surface area contributed by atoms with Crippen LogP contribution in [0.3, 0.4) is 0 Å². The molecule has 0 aliphatic rings. The molecule has 1 rings (SSSR count). The number of halogens is 1. The number of hydrogen-bond donors (Lipinski definition) is 0. The van der Waals surface area contributed by atoms with Gasteiger partial charge in [0.1, 0.15) is 6.07 Å². The van der Waals surface area contributed by atoms with Crippen LogP contribution in [0, 0.1) is 11.3 Å². The summed E-state index contributed by atoms with van der Waals surface area (Å²) < 4.78 is 0. The number of nitriles is 1. The first-order valence-electron chi connectivity index (χ1n) is 5.76. The fourth-order valence-electron chi connectivity index (χ4n) is 1.54. The van der Waals surface area contributed by atoms with Gasteiger partial charge >= 0.3 is 0 Å². The van der Waals surface area contributed by atoms with Crippen LogP contribution in [-0.4, -0.2) is 30.3 Å². The molecule has 0 saturated carbocycles. The largest absolute Gasteiger partial charge is 0.303 e. The van der Waals surface area contributed by atoms with Crippen molar-refractivity contribution >= 4 is 23.4 Å². The molecular formula is C13H17ClN2S. The van der Waals surface area contributed by atoms with E-state index in [1.54, 1.807) is 17.8 Å². The number of hydrogen-bond acceptors (Lipinski definition) is 3. The summed E-state index contributed by atoms with van der Waals surface area (Å²) in [6.07, 6.45) is 0. The molecule has 0 spiro atoms. The smallest absolute Gasteiger partial charge is 0.100 e. The maximum absolute atomic E-state index is 9.01. The Bertz CT molecular complexity index is 397. The Morgan fingerprint density at radius 3 is 2.65 bits per heavy atom. The van der Waals surface area contributed by atoms with Crippen molar-refractivity contribution in [3.05, 3.63) is 28.8 Å². The summed E-state index contributed by atoms with van der Waals surface area (Å²) in [4.78, 5) is 3.39. The first kappa shape index (κ1) is 14.4. The van der Waals surface area contributed by atoms with Gasteiger partial charge in [0.15, 0.2) is 0 Å². The summed E-state index contributed by atoms with van der Waals surface area (Å²) in [5, 5.41) is 9.63. The van der Waals surface area contributed by atoms with Gasteiger partial charge < -0.3 is 4.90 Å². The predicted molar refractivity (Wildman–Crippen MR) is 74.7 cm³/mol. The van der Waals surface area contributed by atoms with E-state index in [1.807, 2.05) is 12.1 Å². The summed E-state index contributed by atoms with van der Waals surface area (Å²) in [6.45, 7) is 7.52. The molecule has 1 aromatic rings. The van der Waals surface area contributed by atoms with Crippen molar-refractivity contribution in [3.8, 4) is 6.07 Å². The van der Waals surface area contributed by atoms with Gasteiger partial charge in [0.2, 0.25) is 0 Å². The molecule has 0 N–H and O–H groups in total. The molecule has 0 amide bonds. The minimum atomic E-state index is 0.620. The Morgan fingerprint density at radius 2 is 2.06 bits per heavy atom. The first-order valence-corrected chi connectivity index (χ1v) is 7.12. The molecule has 0 saturated heterocycles. The highest BCUT2D eigenvalue weighted by Crippen LogP contribution is 2.25. The van der Waals surface area contributed by atoms with Gasteiger partial charge in [0.25, 0.3) is 0 Å². The van der Waals surface area contributed by atoms with Gasteiger partial charge in [0, 0.05) is 22.2 Å². The molecule has 0 atom stereocenters. The van der Waals surface area contributed by atoms with E-state index in [0.717, 1.165) is 30.3 Å². The second-order valence-corrected chi connectivity index (χ2v) is 5.20. The molecule has 1 aromatic carbocycles. The Labute approximate surface area is 113 Å². The van der Waals surface area contributed by atoms with Crippen molar-refractivity contribution in [2.24, 2.45) is 0 Å². The van der Waals surface area contributed by atoms with Crippen LogP contribution < -0.4 is 0 Å². The van der Waals surface area contributed by atoms with Crippen LogP contribution in [0.5, 0.6) is 0 Å². The van der Waals surface area contributed by atoms with Gasteiger partial charge in [-0.05, 0) is 31.3 Å². The monoisotopic (exact) mass is 268 g/mol. The predicted octanol–water partition coefficient (Wildman–Crippen LogP) is 3.65. The number of thioether (sulfide) groups is 1. The molecule has 0 heterocycles. The Balaban J connectivity index is 2.55. The van der Waals surface area contributed by atoms with Crippen LogP contribution in [-0.2, 0) is 0 Å². The molecule has 0 radical (unpaired) electrons. The van der Waals surface area contributed by atoms with Crippen LogP contribution in [0.15, 0.2) is 23.1 Å². The van der Waals surface area contributed by atoms with Crippen LogP contribution in [0.2, 0.25) is 5.02 Å². The lowest BCUT2D eigenvalue weighted by atomic mass is 10.2. The molecule has 0 aliphatic carbocycles. The zero-order valence-corrected chi connectivity index (χ0v) is 11.8. The standard InChI is InChI=1S/C13H17ClN2S/c1-3-16(4-2)7-8-17-13-6-5-12(14)9-11(13)10-15/h5-6,9H,3-4,7-8H2,1-2H3. The van der Waals surface area contributed by atoms with E-state index >= 15 is 0 Å². The van der Waals surface area contributed by atoms with Crippen molar-refractivity contribution in [3.63, 3.8) is 0 Å². The highest BCUT2D eigenvalue weighted by Gasteiger charge is 2.05. The van der Waals surface area contributed by atoms with Crippen molar-refractivity contribution in [1.82, 2.24) is 4.90 Å². The third-order valence-corrected chi connectivity index (χ3v) is 3.91. The zero-order chi connectivity index (χ0) is 12.7. The number of nitrogens with zero attached hydrogens (tertiary/aromatic N) is 2. The van der Waals surface area contributed by atoms with E-state index in [2.05, 4.69) is 24.8 Å². The lowest BCUT2D eigenvalue weighted by Crippen LogP contribution is -2.25. The van der Waals surface area contributed by atoms with Crippen LogP contribution in [0.4, 0.5) is 0 Å². The van der Waals surface area contributed by atoms with E-state index in [0.29, 0.717) is 10.6 Å². The molecule has 4 heteroatoms. The van der Waals surface area contributed by atoms with E-state index in [1.165, 1.54) is 0 Å². The molecule has 0 fully saturated rings. The minimum Gasteiger partial charge on any atom is -0.303 e. The van der Waals surface area contributed by atoms with Gasteiger partial charge in [-0.3, -0.25) is 0 Å². The van der Waals surface area contributed by atoms with Gasteiger partial charge in [-0.15, -0.1) is 11.8 Å². The van der Waals surface area contributed by atoms with E-state index in [4.69, 9.17) is 16.9 Å². The lowest BCUT2D eigenvalue weighted by Gasteiger charge is -2.17. The first-order chi connectivity index (χ1) is 8.21. The Hall–Kier alpha value is -0.690. The fraction of sp³-hybridized carbons (Fsp3) is 0.462. The third kappa shape index (κ3) is 4.59. The van der Waals surface area contributed by atoms with Crippen molar-refractivity contribution in [1.29, 1.82) is 5.26 Å². The molecule has 0 unspecified atom stereocenters. The van der Waals surface area contributed by atoms with Crippen molar-refractivity contribution in [2.75, 3.05) is 25.4 Å². The molecule has 2 nitrogen and oxygen atoms in total. The SMILES string of the molecule is CCN(CC)CCSc1ccc(Cl)cc1C#N. The zero-order valence-electron chi connectivity index (χ0n) is 10.2. The number of rotatable bonds is 6. The molecule has 17 heavy (non-hydrogen) atoms. The molecular weight excluding hydrogens is 252 g/mol. The second kappa shape index (κ2) is 7.60. The topological polar surface area (TPSA) is 27.0 Å². The van der Waals surface area contributed by atoms with E-state index in [9.17, 15) is 0 Å². The van der Waals surface area contributed by atoms with Gasteiger partial charge in [-0.2, -0.15) is 5.26 Å². The lowest BCUT2D eigenvalue weighted by molar-refractivity contribution is 0.324. The molecule has 92 valence electrons. The average Bonchev–Trinajstić information content (AvgIpc) is 2.36. The van der Waals surface area contributed by atoms with Crippen LogP contribution >= 0.6 is 23.4 Å².